The highest BCUT2D eigenvalue weighted by molar-refractivity contribution is 7.98. The van der Waals surface area contributed by atoms with Crippen LogP contribution in [0.2, 0.25) is 0 Å². The van der Waals surface area contributed by atoms with Gasteiger partial charge >= 0.3 is 5.97 Å². The van der Waals surface area contributed by atoms with Crippen molar-refractivity contribution in [3.63, 3.8) is 0 Å². The van der Waals surface area contributed by atoms with Gasteiger partial charge in [0.15, 0.2) is 0 Å². The summed E-state index contributed by atoms with van der Waals surface area (Å²) in [6.07, 6.45) is 8.94. The summed E-state index contributed by atoms with van der Waals surface area (Å²) in [4.78, 5) is 46.3. The maximum Gasteiger partial charge on any atom is 0.330 e. The second kappa shape index (κ2) is 12.0. The Morgan fingerprint density at radius 2 is 2.05 bits per heavy atom. The number of nitrogens with one attached hydrogen (secondary N) is 2. The van der Waals surface area contributed by atoms with Crippen molar-refractivity contribution >= 4 is 34.7 Å². The third-order valence-corrected chi connectivity index (χ3v) is 8.28. The first-order chi connectivity index (χ1) is 18.2. The average Bonchev–Trinajstić information content (AvgIpc) is 3.19. The van der Waals surface area contributed by atoms with Gasteiger partial charge in [-0.2, -0.15) is 0 Å². The normalized spacial score (nSPS) is 16.3. The van der Waals surface area contributed by atoms with Gasteiger partial charge in [-0.05, 0) is 83.8 Å². The largest absolute Gasteiger partial charge is 0.463 e. The number of nitrogens with zero attached hydrogens (tertiary/aromatic N) is 2. The molecule has 1 fully saturated rings. The maximum absolute atomic E-state index is 13.5. The lowest BCUT2D eigenvalue weighted by molar-refractivity contribution is -0.137. The second-order valence-corrected chi connectivity index (χ2v) is 10.7. The van der Waals surface area contributed by atoms with Gasteiger partial charge in [-0.3, -0.25) is 9.59 Å². The number of hydrogen-bond donors (Lipinski definition) is 2. The maximum atomic E-state index is 13.5. The summed E-state index contributed by atoms with van der Waals surface area (Å²) in [7, 11) is 0. The number of allylic oxidation sites excluding steroid dienone is 1. The van der Waals surface area contributed by atoms with Crippen molar-refractivity contribution in [3.05, 3.63) is 68.9 Å². The summed E-state index contributed by atoms with van der Waals surface area (Å²) in [5.74, 6) is -0.100. The molecule has 3 aromatic rings. The molecule has 202 valence electrons. The van der Waals surface area contributed by atoms with Crippen LogP contribution in [0.25, 0.3) is 11.0 Å². The fraction of sp³-hybridized carbons (Fsp3) is 0.448. The molecule has 4 rings (SSSR count). The van der Waals surface area contributed by atoms with Crippen LogP contribution in [-0.2, 0) is 16.1 Å². The van der Waals surface area contributed by atoms with Gasteiger partial charge in [0.2, 0.25) is 0 Å². The first-order valence-electron chi connectivity index (χ1n) is 13.1. The molecule has 2 N–H and O–H groups in total. The van der Waals surface area contributed by atoms with Crippen molar-refractivity contribution in [2.75, 3.05) is 12.9 Å². The summed E-state index contributed by atoms with van der Waals surface area (Å²) in [6, 6.07) is 5.83. The van der Waals surface area contributed by atoms with E-state index in [4.69, 9.17) is 4.74 Å². The minimum Gasteiger partial charge on any atom is -0.463 e. The number of amides is 1. The Hall–Kier alpha value is -3.33. The van der Waals surface area contributed by atoms with Crippen molar-refractivity contribution in [3.8, 4) is 0 Å². The van der Waals surface area contributed by atoms with E-state index in [-0.39, 0.29) is 30.0 Å². The number of carbonyl (C=O) groups is 2. The Bertz CT molecular complexity index is 1430. The standard InChI is InChI=1S/C29H36N4O4S/c1-6-37-25(34)15-20-9-11-21(12-10-20)18(3)33-19(4)26(22-8-7-13-30-27(22)33)29(36)31-16-23-24(38-5)14-17(2)32-28(23)35/h7-8,13-15,18,21H,6,9-12,16H2,1-5H3,(H,31,36)(H,32,35). The highest BCUT2D eigenvalue weighted by Crippen LogP contribution is 2.38. The minimum atomic E-state index is -0.265. The number of aryl methyl sites for hydroxylation is 1. The summed E-state index contributed by atoms with van der Waals surface area (Å²) >= 11 is 1.49. The molecular formula is C29H36N4O4S. The Morgan fingerprint density at radius 3 is 2.74 bits per heavy atom. The van der Waals surface area contributed by atoms with Crippen LogP contribution < -0.4 is 10.9 Å². The molecule has 1 amide bonds. The number of aromatic amines is 1. The number of esters is 1. The number of aromatic nitrogens is 3. The molecule has 1 unspecified atom stereocenters. The predicted octanol–water partition coefficient (Wildman–Crippen LogP) is 5.23. The molecule has 9 heteroatoms. The SMILES string of the molecule is CCOC(=O)C=C1CCC(C(C)n2c(C)c(C(=O)NCc3c(SC)cc(C)[nH]c3=O)c3cccnc32)CC1. The van der Waals surface area contributed by atoms with E-state index in [0.29, 0.717) is 23.7 Å². The van der Waals surface area contributed by atoms with E-state index in [9.17, 15) is 14.4 Å². The van der Waals surface area contributed by atoms with Crippen molar-refractivity contribution < 1.29 is 14.3 Å². The van der Waals surface area contributed by atoms with Crippen LogP contribution in [0, 0.1) is 19.8 Å². The van der Waals surface area contributed by atoms with Gasteiger partial charge in [0.05, 0.1) is 12.2 Å². The Kier molecular flexibility index (Phi) is 8.76. The molecule has 0 bridgehead atoms. The molecule has 38 heavy (non-hydrogen) atoms. The molecule has 0 radical (unpaired) electrons. The zero-order valence-electron chi connectivity index (χ0n) is 22.7. The van der Waals surface area contributed by atoms with E-state index < -0.39 is 0 Å². The molecule has 1 saturated carbocycles. The van der Waals surface area contributed by atoms with Crippen LogP contribution in [0.1, 0.15) is 72.9 Å². The van der Waals surface area contributed by atoms with E-state index >= 15 is 0 Å². The Balaban J connectivity index is 1.57. The highest BCUT2D eigenvalue weighted by atomic mass is 32.2. The summed E-state index contributed by atoms with van der Waals surface area (Å²) in [6.45, 7) is 8.33. The lowest BCUT2D eigenvalue weighted by Gasteiger charge is -2.31. The van der Waals surface area contributed by atoms with E-state index in [2.05, 4.69) is 26.8 Å². The number of fused-ring (bicyclic) bond motifs is 1. The molecule has 1 atom stereocenters. The van der Waals surface area contributed by atoms with Crippen LogP contribution in [0.3, 0.4) is 0 Å². The van der Waals surface area contributed by atoms with E-state index in [1.807, 2.05) is 45.2 Å². The Morgan fingerprint density at radius 1 is 1.32 bits per heavy atom. The minimum absolute atomic E-state index is 0.126. The molecule has 3 heterocycles. The molecule has 1 aliphatic carbocycles. The number of carbonyl (C=O) groups excluding carboxylic acids is 2. The second-order valence-electron chi connectivity index (χ2n) is 9.85. The molecule has 8 nitrogen and oxygen atoms in total. The third-order valence-electron chi connectivity index (χ3n) is 7.48. The van der Waals surface area contributed by atoms with Crippen LogP contribution in [-0.4, -0.2) is 39.3 Å². The quantitative estimate of drug-likeness (QED) is 0.232. The van der Waals surface area contributed by atoms with Crippen LogP contribution in [0.5, 0.6) is 0 Å². The van der Waals surface area contributed by atoms with Gasteiger partial charge in [0, 0.05) is 52.1 Å². The smallest absolute Gasteiger partial charge is 0.330 e. The first-order valence-corrected chi connectivity index (χ1v) is 14.3. The molecule has 3 aromatic heterocycles. The van der Waals surface area contributed by atoms with Gasteiger partial charge in [0.25, 0.3) is 11.5 Å². The van der Waals surface area contributed by atoms with E-state index in [0.717, 1.165) is 58.6 Å². The molecule has 0 saturated heterocycles. The van der Waals surface area contributed by atoms with Crippen LogP contribution >= 0.6 is 11.8 Å². The molecule has 0 aliphatic heterocycles. The zero-order chi connectivity index (χ0) is 27.4. The molecular weight excluding hydrogens is 500 g/mol. The van der Waals surface area contributed by atoms with Crippen LogP contribution in [0.4, 0.5) is 0 Å². The molecule has 0 spiro atoms. The van der Waals surface area contributed by atoms with Crippen molar-refractivity contribution in [1.29, 1.82) is 0 Å². The molecule has 0 aromatic carbocycles. The number of hydrogen-bond acceptors (Lipinski definition) is 6. The fourth-order valence-corrected chi connectivity index (χ4v) is 6.24. The number of rotatable bonds is 8. The van der Waals surface area contributed by atoms with E-state index in [1.54, 1.807) is 12.3 Å². The average molecular weight is 537 g/mol. The summed E-state index contributed by atoms with van der Waals surface area (Å²) < 4.78 is 7.25. The summed E-state index contributed by atoms with van der Waals surface area (Å²) in [5.41, 5.74) is 4.53. The van der Waals surface area contributed by atoms with Gasteiger partial charge in [-0.15, -0.1) is 11.8 Å². The lowest BCUT2D eigenvalue weighted by atomic mass is 9.81. The van der Waals surface area contributed by atoms with Crippen molar-refractivity contribution in [1.82, 2.24) is 19.9 Å². The van der Waals surface area contributed by atoms with Gasteiger partial charge in [-0.25, -0.2) is 9.78 Å². The van der Waals surface area contributed by atoms with Crippen molar-refractivity contribution in [2.45, 2.75) is 70.9 Å². The third kappa shape index (κ3) is 5.72. The number of thioether (sulfide) groups is 1. The lowest BCUT2D eigenvalue weighted by Crippen LogP contribution is -2.28. The predicted molar refractivity (Wildman–Crippen MR) is 151 cm³/mol. The topological polar surface area (TPSA) is 106 Å². The number of pyridine rings is 2. The first kappa shape index (κ1) is 27.7. The van der Waals surface area contributed by atoms with E-state index in [1.165, 1.54) is 11.8 Å². The number of H-pyrrole nitrogens is 1. The van der Waals surface area contributed by atoms with Gasteiger partial charge in [0.1, 0.15) is 5.65 Å². The molecule has 1 aliphatic rings. The monoisotopic (exact) mass is 536 g/mol. The zero-order valence-corrected chi connectivity index (χ0v) is 23.5. The summed E-state index contributed by atoms with van der Waals surface area (Å²) in [5, 5.41) is 3.79. The van der Waals surface area contributed by atoms with Gasteiger partial charge in [-0.1, -0.05) is 5.57 Å². The highest BCUT2D eigenvalue weighted by Gasteiger charge is 2.29. The van der Waals surface area contributed by atoms with Crippen LogP contribution in [0.15, 0.2) is 45.7 Å². The van der Waals surface area contributed by atoms with Crippen molar-refractivity contribution in [2.24, 2.45) is 5.92 Å². The Labute approximate surface area is 227 Å². The fourth-order valence-electron chi connectivity index (χ4n) is 5.54. The van der Waals surface area contributed by atoms with Gasteiger partial charge < -0.3 is 19.6 Å². The number of ether oxygens (including phenoxy) is 1.